The summed E-state index contributed by atoms with van der Waals surface area (Å²) < 4.78 is 7.22. The highest BCUT2D eigenvalue weighted by Gasteiger charge is 2.51. The van der Waals surface area contributed by atoms with Crippen LogP contribution in [0.3, 0.4) is 0 Å². The first-order chi connectivity index (χ1) is 11.6. The molecular weight excluding hydrogens is 306 g/mol. The van der Waals surface area contributed by atoms with Crippen molar-refractivity contribution in [2.75, 3.05) is 13.7 Å². The van der Waals surface area contributed by atoms with E-state index in [2.05, 4.69) is 14.9 Å². The van der Waals surface area contributed by atoms with E-state index in [1.54, 1.807) is 18.2 Å². The van der Waals surface area contributed by atoms with Gasteiger partial charge >= 0.3 is 0 Å². The van der Waals surface area contributed by atoms with Crippen molar-refractivity contribution in [2.24, 2.45) is 0 Å². The summed E-state index contributed by atoms with van der Waals surface area (Å²) in [6.45, 7) is 3.49. The summed E-state index contributed by atoms with van der Waals surface area (Å²) in [6, 6.07) is 5.15. The third-order valence-corrected chi connectivity index (χ3v) is 4.70. The minimum atomic E-state index is -0.466. The van der Waals surface area contributed by atoms with Gasteiger partial charge < -0.3 is 19.7 Å². The number of phenolic OH excluding ortho intramolecular Hbond substituents is 1. The number of hydrogen-bond acceptors (Lipinski definition) is 4. The lowest BCUT2D eigenvalue weighted by Gasteiger charge is -2.17. The Hall–Kier alpha value is -2.50. The molecule has 1 saturated carbocycles. The Bertz CT molecular complexity index is 735. The second kappa shape index (κ2) is 6.55. The topological polar surface area (TPSA) is 76.4 Å². The summed E-state index contributed by atoms with van der Waals surface area (Å²) >= 11 is 0. The fourth-order valence-corrected chi connectivity index (χ4v) is 2.99. The van der Waals surface area contributed by atoms with Crippen LogP contribution in [0.5, 0.6) is 11.5 Å². The monoisotopic (exact) mass is 329 g/mol. The van der Waals surface area contributed by atoms with Crippen LogP contribution < -0.4 is 10.1 Å². The summed E-state index contributed by atoms with van der Waals surface area (Å²) in [7, 11) is 1.51. The van der Waals surface area contributed by atoms with E-state index in [0.29, 0.717) is 12.3 Å². The molecule has 128 valence electrons. The van der Waals surface area contributed by atoms with Crippen molar-refractivity contribution in [3.63, 3.8) is 0 Å². The molecule has 1 aliphatic rings. The maximum Gasteiger partial charge on any atom is 0.230 e. The maximum atomic E-state index is 12.6. The van der Waals surface area contributed by atoms with Crippen molar-refractivity contribution in [3.05, 3.63) is 42.0 Å². The predicted molar refractivity (Wildman–Crippen MR) is 90.2 cm³/mol. The molecule has 2 aromatic rings. The summed E-state index contributed by atoms with van der Waals surface area (Å²) in [5.74, 6) is 0.549. The zero-order valence-corrected chi connectivity index (χ0v) is 14.1. The maximum absolute atomic E-state index is 12.6. The van der Waals surface area contributed by atoms with E-state index in [1.807, 2.05) is 19.4 Å². The van der Waals surface area contributed by atoms with E-state index in [9.17, 15) is 9.90 Å². The molecule has 6 nitrogen and oxygen atoms in total. The molecule has 0 spiro atoms. The van der Waals surface area contributed by atoms with Crippen molar-refractivity contribution in [1.29, 1.82) is 0 Å². The highest BCUT2D eigenvalue weighted by Crippen LogP contribution is 2.49. The highest BCUT2D eigenvalue weighted by atomic mass is 16.5. The minimum Gasteiger partial charge on any atom is -0.504 e. The van der Waals surface area contributed by atoms with Crippen LogP contribution in [-0.4, -0.2) is 34.2 Å². The van der Waals surface area contributed by atoms with Crippen molar-refractivity contribution in [3.8, 4) is 11.5 Å². The Morgan fingerprint density at radius 2 is 2.25 bits per heavy atom. The lowest BCUT2D eigenvalue weighted by atomic mass is 9.94. The molecule has 1 aromatic carbocycles. The van der Waals surface area contributed by atoms with Crippen LogP contribution in [0.15, 0.2) is 30.7 Å². The molecule has 3 rings (SSSR count). The highest BCUT2D eigenvalue weighted by molar-refractivity contribution is 5.91. The second-order valence-corrected chi connectivity index (χ2v) is 6.31. The number of imidazole rings is 1. The number of rotatable bonds is 7. The summed E-state index contributed by atoms with van der Waals surface area (Å²) in [4.78, 5) is 16.7. The average molecular weight is 329 g/mol. The molecule has 1 aromatic heterocycles. The molecule has 0 aliphatic heterocycles. The molecule has 2 N–H and O–H groups in total. The molecule has 1 amide bonds. The van der Waals surface area contributed by atoms with Crippen molar-refractivity contribution >= 4 is 5.91 Å². The molecule has 1 heterocycles. The van der Waals surface area contributed by atoms with Gasteiger partial charge in [-0.05, 0) is 43.9 Å². The third-order valence-electron chi connectivity index (χ3n) is 4.70. The number of amides is 1. The van der Waals surface area contributed by atoms with Crippen molar-refractivity contribution in [1.82, 2.24) is 14.9 Å². The Kier molecular flexibility index (Phi) is 4.46. The van der Waals surface area contributed by atoms with Crippen molar-refractivity contribution in [2.45, 2.75) is 38.1 Å². The van der Waals surface area contributed by atoms with Gasteiger partial charge in [0.15, 0.2) is 11.5 Å². The molecule has 0 radical (unpaired) electrons. The fraction of sp³-hybridized carbons (Fsp3) is 0.444. The molecule has 0 saturated heterocycles. The first-order valence-electron chi connectivity index (χ1n) is 8.19. The van der Waals surface area contributed by atoms with Gasteiger partial charge in [0, 0.05) is 25.0 Å². The number of phenols is 1. The summed E-state index contributed by atoms with van der Waals surface area (Å²) in [5.41, 5.74) is 1.56. The van der Waals surface area contributed by atoms with Crippen LogP contribution in [-0.2, 0) is 16.8 Å². The van der Waals surface area contributed by atoms with E-state index in [-0.39, 0.29) is 11.7 Å². The molecule has 6 heteroatoms. The molecule has 0 unspecified atom stereocenters. The third kappa shape index (κ3) is 3.09. The lowest BCUT2D eigenvalue weighted by molar-refractivity contribution is -0.123. The van der Waals surface area contributed by atoms with Gasteiger partial charge in [0.1, 0.15) is 0 Å². The second-order valence-electron chi connectivity index (χ2n) is 6.31. The van der Waals surface area contributed by atoms with E-state index >= 15 is 0 Å². The number of aromatic nitrogens is 2. The molecule has 1 aliphatic carbocycles. The number of aromatic hydroxyl groups is 1. The van der Waals surface area contributed by atoms with Gasteiger partial charge in [-0.3, -0.25) is 4.79 Å². The predicted octanol–water partition coefficient (Wildman–Crippen LogP) is 2.14. The SMILES string of the molecule is COc1cc(C2(C(=O)NCCCn3cncc3C)CC2)ccc1O. The number of benzene rings is 1. The van der Waals surface area contributed by atoms with Gasteiger partial charge in [-0.25, -0.2) is 4.98 Å². The number of methoxy groups -OCH3 is 1. The van der Waals surface area contributed by atoms with Gasteiger partial charge in [0.25, 0.3) is 0 Å². The van der Waals surface area contributed by atoms with E-state index in [4.69, 9.17) is 4.74 Å². The van der Waals surface area contributed by atoms with Gasteiger partial charge in [-0.2, -0.15) is 0 Å². The Morgan fingerprint density at radius 1 is 1.46 bits per heavy atom. The standard InChI is InChI=1S/C18H23N3O3/c1-13-11-19-12-21(13)9-3-8-20-17(23)18(6-7-18)14-4-5-15(22)16(10-14)24-2/h4-5,10-12,22H,3,6-9H2,1-2H3,(H,20,23). The Labute approximate surface area is 141 Å². The molecule has 0 bridgehead atoms. The van der Waals surface area contributed by atoms with Gasteiger partial charge in [0.05, 0.1) is 18.9 Å². The lowest BCUT2D eigenvalue weighted by Crippen LogP contribution is -2.35. The van der Waals surface area contributed by atoms with Crippen LogP contribution in [0.1, 0.15) is 30.5 Å². The van der Waals surface area contributed by atoms with E-state index in [0.717, 1.165) is 37.1 Å². The zero-order valence-electron chi connectivity index (χ0n) is 14.1. The number of nitrogens with one attached hydrogen (secondary N) is 1. The molecular formula is C18H23N3O3. The van der Waals surface area contributed by atoms with Gasteiger partial charge in [-0.15, -0.1) is 0 Å². The smallest absolute Gasteiger partial charge is 0.230 e. The number of aryl methyl sites for hydroxylation is 2. The van der Waals surface area contributed by atoms with Crippen molar-refractivity contribution < 1.29 is 14.6 Å². The zero-order chi connectivity index (χ0) is 17.2. The van der Waals surface area contributed by atoms with E-state index < -0.39 is 5.41 Å². The largest absolute Gasteiger partial charge is 0.504 e. The van der Waals surface area contributed by atoms with Crippen LogP contribution in [0.4, 0.5) is 0 Å². The number of hydrogen-bond donors (Lipinski definition) is 2. The van der Waals surface area contributed by atoms with Crippen LogP contribution >= 0.6 is 0 Å². The van der Waals surface area contributed by atoms with Crippen LogP contribution in [0, 0.1) is 6.92 Å². The summed E-state index contributed by atoms with van der Waals surface area (Å²) in [6.07, 6.45) is 6.15. The number of carbonyl (C=O) groups excluding carboxylic acids is 1. The van der Waals surface area contributed by atoms with Gasteiger partial charge in [-0.1, -0.05) is 6.07 Å². The fourth-order valence-electron chi connectivity index (χ4n) is 2.99. The number of carbonyl (C=O) groups is 1. The number of ether oxygens (including phenoxy) is 1. The van der Waals surface area contributed by atoms with Gasteiger partial charge in [0.2, 0.25) is 5.91 Å². The molecule has 1 fully saturated rings. The minimum absolute atomic E-state index is 0.0533. The quantitative estimate of drug-likeness (QED) is 0.763. The first kappa shape index (κ1) is 16.4. The first-order valence-corrected chi connectivity index (χ1v) is 8.19. The van der Waals surface area contributed by atoms with Crippen LogP contribution in [0.2, 0.25) is 0 Å². The summed E-state index contributed by atoms with van der Waals surface area (Å²) in [5, 5.41) is 12.8. The molecule has 24 heavy (non-hydrogen) atoms. The Morgan fingerprint density at radius 3 is 2.88 bits per heavy atom. The van der Waals surface area contributed by atoms with E-state index in [1.165, 1.54) is 7.11 Å². The normalized spacial score (nSPS) is 15.1. The average Bonchev–Trinajstić information content (AvgIpc) is 3.30. The molecule has 0 atom stereocenters. The van der Waals surface area contributed by atoms with Crippen LogP contribution in [0.25, 0.3) is 0 Å². The Balaban J connectivity index is 1.57. The number of nitrogens with zero attached hydrogens (tertiary/aromatic N) is 2.